The summed E-state index contributed by atoms with van der Waals surface area (Å²) in [5, 5.41) is 9.86. The Morgan fingerprint density at radius 3 is 2.86 bits per heavy atom. The number of nitrogens with one attached hydrogen (secondary N) is 1. The van der Waals surface area contributed by atoms with Crippen molar-refractivity contribution < 1.29 is 5.11 Å². The molecule has 0 spiro atoms. The van der Waals surface area contributed by atoms with Crippen LogP contribution in [0, 0.1) is 0 Å². The summed E-state index contributed by atoms with van der Waals surface area (Å²) < 4.78 is 0. The summed E-state index contributed by atoms with van der Waals surface area (Å²) >= 11 is 0. The van der Waals surface area contributed by atoms with E-state index in [1.807, 2.05) is 18.2 Å². The fourth-order valence-corrected chi connectivity index (χ4v) is 1.59. The van der Waals surface area contributed by atoms with Gasteiger partial charge in [-0.05, 0) is 24.1 Å². The number of pyridine rings is 1. The van der Waals surface area contributed by atoms with E-state index in [4.69, 9.17) is 5.11 Å². The number of aromatic nitrogens is 1. The van der Waals surface area contributed by atoms with Gasteiger partial charge >= 0.3 is 0 Å². The molecule has 0 saturated carbocycles. The van der Waals surface area contributed by atoms with Gasteiger partial charge in [0.1, 0.15) is 0 Å². The summed E-state index contributed by atoms with van der Waals surface area (Å²) in [5.74, 6) is 0. The molecule has 14 heavy (non-hydrogen) atoms. The van der Waals surface area contributed by atoms with Gasteiger partial charge in [-0.1, -0.05) is 12.1 Å². The molecule has 2 N–H and O–H groups in total. The van der Waals surface area contributed by atoms with Gasteiger partial charge in [0.15, 0.2) is 0 Å². The summed E-state index contributed by atoms with van der Waals surface area (Å²) in [6.45, 7) is 0.123. The van der Waals surface area contributed by atoms with Crippen LogP contribution in [-0.4, -0.2) is 16.7 Å². The predicted molar refractivity (Wildman–Crippen MR) is 55.4 cm³/mol. The van der Waals surface area contributed by atoms with Crippen LogP contribution >= 0.6 is 0 Å². The highest BCUT2D eigenvalue weighted by Crippen LogP contribution is 2.15. The third kappa shape index (κ3) is 1.54. The highest BCUT2D eigenvalue weighted by Gasteiger charge is 1.99. The van der Waals surface area contributed by atoms with Crippen LogP contribution in [0.1, 0.15) is 5.56 Å². The number of rotatable bonds is 2. The summed E-state index contributed by atoms with van der Waals surface area (Å²) in [6, 6.07) is 8.99. The van der Waals surface area contributed by atoms with Crippen molar-refractivity contribution in [3.05, 3.63) is 46.2 Å². The van der Waals surface area contributed by atoms with Crippen molar-refractivity contribution in [2.75, 3.05) is 6.61 Å². The minimum Gasteiger partial charge on any atom is -0.396 e. The van der Waals surface area contributed by atoms with E-state index in [0.717, 1.165) is 16.5 Å². The minimum atomic E-state index is -0.0985. The van der Waals surface area contributed by atoms with Gasteiger partial charge in [0.05, 0.1) is 0 Å². The molecule has 1 heterocycles. The second kappa shape index (κ2) is 3.64. The third-order valence-corrected chi connectivity index (χ3v) is 2.24. The lowest BCUT2D eigenvalue weighted by Crippen LogP contribution is -2.03. The first-order chi connectivity index (χ1) is 6.81. The van der Waals surface area contributed by atoms with E-state index >= 15 is 0 Å². The number of aliphatic hydroxyl groups excluding tert-OH is 1. The van der Waals surface area contributed by atoms with Crippen molar-refractivity contribution >= 4 is 10.9 Å². The van der Waals surface area contributed by atoms with Crippen LogP contribution in [0.3, 0.4) is 0 Å². The van der Waals surface area contributed by atoms with Crippen molar-refractivity contribution in [3.63, 3.8) is 0 Å². The van der Waals surface area contributed by atoms with Crippen LogP contribution in [0.25, 0.3) is 10.9 Å². The first kappa shape index (κ1) is 8.97. The topological polar surface area (TPSA) is 53.1 Å². The maximum absolute atomic E-state index is 11.0. The second-order valence-corrected chi connectivity index (χ2v) is 3.17. The lowest BCUT2D eigenvalue weighted by molar-refractivity contribution is 0.300. The first-order valence-electron chi connectivity index (χ1n) is 4.53. The van der Waals surface area contributed by atoms with Gasteiger partial charge < -0.3 is 10.1 Å². The van der Waals surface area contributed by atoms with Crippen molar-refractivity contribution in [1.29, 1.82) is 0 Å². The Hall–Kier alpha value is -1.61. The third-order valence-electron chi connectivity index (χ3n) is 2.24. The fourth-order valence-electron chi connectivity index (χ4n) is 1.59. The quantitative estimate of drug-likeness (QED) is 0.742. The van der Waals surface area contributed by atoms with Crippen LogP contribution in [0.15, 0.2) is 35.1 Å². The summed E-state index contributed by atoms with van der Waals surface area (Å²) in [5.41, 5.74) is 1.78. The lowest BCUT2D eigenvalue weighted by atomic mass is 10.1. The largest absolute Gasteiger partial charge is 0.396 e. The van der Waals surface area contributed by atoms with Gasteiger partial charge in [0.2, 0.25) is 5.56 Å². The monoisotopic (exact) mass is 189 g/mol. The van der Waals surface area contributed by atoms with Crippen LogP contribution in [0.4, 0.5) is 0 Å². The number of fused-ring (bicyclic) bond motifs is 1. The lowest BCUT2D eigenvalue weighted by Gasteiger charge is -2.03. The molecule has 0 bridgehead atoms. The molecule has 0 radical (unpaired) electrons. The van der Waals surface area contributed by atoms with Gasteiger partial charge in [0.25, 0.3) is 0 Å². The van der Waals surface area contributed by atoms with E-state index in [2.05, 4.69) is 4.98 Å². The van der Waals surface area contributed by atoms with E-state index < -0.39 is 0 Å². The van der Waals surface area contributed by atoms with Gasteiger partial charge in [0, 0.05) is 23.6 Å². The van der Waals surface area contributed by atoms with E-state index in [-0.39, 0.29) is 12.2 Å². The summed E-state index contributed by atoms with van der Waals surface area (Å²) in [6.07, 6.45) is 0.614. The van der Waals surface area contributed by atoms with Crippen molar-refractivity contribution in [1.82, 2.24) is 4.98 Å². The molecule has 0 aliphatic rings. The van der Waals surface area contributed by atoms with Gasteiger partial charge in [-0.3, -0.25) is 4.79 Å². The smallest absolute Gasteiger partial charge is 0.248 e. The van der Waals surface area contributed by atoms with Crippen LogP contribution < -0.4 is 5.56 Å². The maximum Gasteiger partial charge on any atom is 0.248 e. The Balaban J connectivity index is 2.68. The zero-order valence-corrected chi connectivity index (χ0v) is 7.66. The average molecular weight is 189 g/mol. The molecule has 0 saturated heterocycles. The summed E-state index contributed by atoms with van der Waals surface area (Å²) in [4.78, 5) is 13.8. The maximum atomic E-state index is 11.0. The van der Waals surface area contributed by atoms with E-state index in [9.17, 15) is 4.79 Å². The molecular formula is C11H11NO2. The van der Waals surface area contributed by atoms with E-state index in [1.54, 1.807) is 6.07 Å². The number of benzene rings is 1. The molecule has 3 nitrogen and oxygen atoms in total. The minimum absolute atomic E-state index is 0.0985. The Morgan fingerprint density at radius 2 is 2.07 bits per heavy atom. The second-order valence-electron chi connectivity index (χ2n) is 3.17. The number of aliphatic hydroxyl groups is 1. The zero-order chi connectivity index (χ0) is 9.97. The van der Waals surface area contributed by atoms with Crippen molar-refractivity contribution in [3.8, 4) is 0 Å². The number of hydrogen-bond donors (Lipinski definition) is 2. The van der Waals surface area contributed by atoms with Crippen LogP contribution in [0.5, 0.6) is 0 Å². The normalized spacial score (nSPS) is 10.6. The van der Waals surface area contributed by atoms with Crippen LogP contribution in [0.2, 0.25) is 0 Å². The molecule has 0 fully saturated rings. The Bertz CT molecular complexity index is 502. The average Bonchev–Trinajstić information content (AvgIpc) is 2.18. The number of aromatic amines is 1. The Labute approximate surface area is 81.0 Å². The van der Waals surface area contributed by atoms with Crippen LogP contribution in [-0.2, 0) is 6.42 Å². The van der Waals surface area contributed by atoms with Crippen molar-refractivity contribution in [2.45, 2.75) is 6.42 Å². The number of H-pyrrole nitrogens is 1. The van der Waals surface area contributed by atoms with E-state index in [1.165, 1.54) is 6.07 Å². The highest BCUT2D eigenvalue weighted by atomic mass is 16.2. The molecule has 0 unspecified atom stereocenters. The molecule has 2 rings (SSSR count). The summed E-state index contributed by atoms with van der Waals surface area (Å²) in [7, 11) is 0. The molecule has 72 valence electrons. The Kier molecular flexibility index (Phi) is 2.33. The van der Waals surface area contributed by atoms with Gasteiger partial charge in [-0.15, -0.1) is 0 Å². The molecule has 0 aliphatic carbocycles. The molecule has 1 aromatic heterocycles. The van der Waals surface area contributed by atoms with E-state index in [0.29, 0.717) is 6.42 Å². The molecular weight excluding hydrogens is 178 g/mol. The first-order valence-corrected chi connectivity index (χ1v) is 4.53. The molecule has 2 aromatic rings. The molecule has 3 heteroatoms. The van der Waals surface area contributed by atoms with Gasteiger partial charge in [-0.25, -0.2) is 0 Å². The highest BCUT2D eigenvalue weighted by molar-refractivity contribution is 5.81. The molecule has 1 aromatic carbocycles. The molecule has 0 aliphatic heterocycles. The van der Waals surface area contributed by atoms with Crippen molar-refractivity contribution in [2.24, 2.45) is 0 Å². The Morgan fingerprint density at radius 1 is 1.21 bits per heavy atom. The zero-order valence-electron chi connectivity index (χ0n) is 7.66. The standard InChI is InChI=1S/C11H11NO2/c13-7-6-8-2-1-3-10-9(8)4-5-11(14)12-10/h1-5,13H,6-7H2,(H,12,14). The predicted octanol–water partition coefficient (Wildman–Crippen LogP) is 1.06. The number of hydrogen-bond acceptors (Lipinski definition) is 2. The molecule has 0 atom stereocenters. The molecule has 0 amide bonds. The SMILES string of the molecule is O=c1ccc2c(CCO)cccc2[nH]1. The van der Waals surface area contributed by atoms with Gasteiger partial charge in [-0.2, -0.15) is 0 Å². The fraction of sp³-hybridized carbons (Fsp3) is 0.182.